The second-order valence-electron chi connectivity index (χ2n) is 19.2. The Hall–Kier alpha value is -2.82. The van der Waals surface area contributed by atoms with E-state index in [-0.39, 0.29) is 55.0 Å². The topological polar surface area (TPSA) is 227 Å². The highest BCUT2D eigenvalue weighted by Gasteiger charge is 2.38. The fourth-order valence-corrected chi connectivity index (χ4v) is 14.4. The summed E-state index contributed by atoms with van der Waals surface area (Å²) >= 11 is 2.39. The van der Waals surface area contributed by atoms with Crippen LogP contribution >= 0.6 is 35.1 Å². The van der Waals surface area contributed by atoms with E-state index in [0.29, 0.717) is 69.2 Å². The molecule has 4 aromatic rings. The van der Waals surface area contributed by atoms with Crippen molar-refractivity contribution in [2.24, 2.45) is 5.92 Å². The Labute approximate surface area is 440 Å². The molecule has 4 atom stereocenters. The number of rotatable bonds is 15. The molecule has 4 aliphatic heterocycles. The molecule has 0 radical (unpaired) electrons. The molecule has 0 spiro atoms. The second-order valence-corrected chi connectivity index (χ2v) is 27.0. The lowest BCUT2D eigenvalue weighted by Gasteiger charge is -2.45. The molecule has 2 aromatic heterocycles. The number of sulfonamides is 2. The summed E-state index contributed by atoms with van der Waals surface area (Å²) in [6.07, 6.45) is 3.22. The molecule has 4 N–H and O–H groups in total. The van der Waals surface area contributed by atoms with Gasteiger partial charge in [-0.15, -0.1) is 35.1 Å². The van der Waals surface area contributed by atoms with Crippen LogP contribution in [-0.4, -0.2) is 182 Å². The van der Waals surface area contributed by atoms with E-state index in [1.54, 1.807) is 79.2 Å². The maximum Gasteiger partial charge on any atom is 0.264 e. The van der Waals surface area contributed by atoms with Crippen LogP contribution in [-0.2, 0) is 55.0 Å². The number of morpholine rings is 1. The fraction of sp³-hybridized carbons (Fsp3) is 0.583. The van der Waals surface area contributed by atoms with Crippen LogP contribution in [0.5, 0.6) is 0 Å². The Morgan fingerprint density at radius 3 is 1.53 bits per heavy atom. The third-order valence-electron chi connectivity index (χ3n) is 12.9. The normalized spacial score (nSPS) is 22.2. The number of hydrogen-bond acceptors (Lipinski definition) is 18. The Kier molecular flexibility index (Phi) is 21.9. The summed E-state index contributed by atoms with van der Waals surface area (Å²) in [5.74, 6) is 0.420. The Balaban J connectivity index is 0.000000229. The van der Waals surface area contributed by atoms with Gasteiger partial charge in [0.2, 0.25) is 0 Å². The van der Waals surface area contributed by atoms with Crippen LogP contribution in [0.1, 0.15) is 51.7 Å². The minimum atomic E-state index is -3.68. The lowest BCUT2D eigenvalue weighted by molar-refractivity contribution is -0.0308. The number of aliphatic hydroxyl groups excluding tert-OH is 2. The standard InChI is InChI=1S/C23H33N3O5S2.C19H26N2O6S3.C6H12O2.ClH/c1-23(2,28)18-5-7-19(8-6-18)26-10-9-25(33(29,30)22-4-3-13-32-22)15-20(26)14-24-11-12-31-17-21(24)16-27;1-19(2,22)15-6-8-16(9-7-15)21-11-10-20(13-17(21)14-27-29(3,23)24)30(25,26)18-5-4-12-28-18;7-4-6-2-1-3-8-5-6;/h3-8,13,20-21,27-28H,9-12,14-17H2,1-2H3;4-9,12,17,22H,10-11,13-14H2,1-3H3;6-7H,1-5H2;1H/t20-,21+;17-;6-;/m011./s1. The summed E-state index contributed by atoms with van der Waals surface area (Å²) in [6, 6.07) is 21.1. The van der Waals surface area contributed by atoms with Gasteiger partial charge in [0.1, 0.15) is 8.42 Å². The zero-order chi connectivity index (χ0) is 51.6. The Morgan fingerprint density at radius 2 is 1.12 bits per heavy atom. The molecule has 18 nitrogen and oxygen atoms in total. The van der Waals surface area contributed by atoms with Crippen molar-refractivity contribution in [3.63, 3.8) is 0 Å². The van der Waals surface area contributed by atoms with Gasteiger partial charge in [-0.25, -0.2) is 16.8 Å². The molecule has 4 aliphatic rings. The molecule has 8 rings (SSSR count). The number of hydrogen-bond donors (Lipinski definition) is 4. The first kappa shape index (κ1) is 60.0. The van der Waals surface area contributed by atoms with Crippen molar-refractivity contribution in [1.29, 1.82) is 0 Å². The predicted octanol–water partition coefficient (Wildman–Crippen LogP) is 4.21. The molecule has 404 valence electrons. The van der Waals surface area contributed by atoms with E-state index >= 15 is 0 Å². The zero-order valence-electron chi connectivity index (χ0n) is 41.6. The van der Waals surface area contributed by atoms with Crippen LogP contribution in [0, 0.1) is 5.92 Å². The molecular weight excluding hydrogens is 1050 g/mol. The van der Waals surface area contributed by atoms with Crippen LogP contribution < -0.4 is 9.80 Å². The highest BCUT2D eigenvalue weighted by Crippen LogP contribution is 2.31. The van der Waals surface area contributed by atoms with Gasteiger partial charge in [-0.2, -0.15) is 17.0 Å². The van der Waals surface area contributed by atoms with Crippen LogP contribution in [0.15, 0.2) is 92.0 Å². The fourth-order valence-electron chi connectivity index (χ4n) is 8.79. The minimum absolute atomic E-state index is 0. The van der Waals surface area contributed by atoms with Gasteiger partial charge in [0, 0.05) is 82.9 Å². The third kappa shape index (κ3) is 16.3. The van der Waals surface area contributed by atoms with Gasteiger partial charge >= 0.3 is 0 Å². The van der Waals surface area contributed by atoms with E-state index in [9.17, 15) is 40.6 Å². The zero-order valence-corrected chi connectivity index (χ0v) is 46.5. The quantitative estimate of drug-likeness (QED) is 0.122. The van der Waals surface area contributed by atoms with E-state index < -0.39 is 47.4 Å². The molecule has 2 aromatic carbocycles. The van der Waals surface area contributed by atoms with Gasteiger partial charge < -0.3 is 39.7 Å². The maximum absolute atomic E-state index is 13.2. The van der Waals surface area contributed by atoms with Crippen molar-refractivity contribution in [3.05, 3.63) is 94.7 Å². The molecule has 0 bridgehead atoms. The van der Waals surface area contributed by atoms with Crippen molar-refractivity contribution in [1.82, 2.24) is 13.5 Å². The summed E-state index contributed by atoms with van der Waals surface area (Å²) in [7, 11) is -10.9. The van der Waals surface area contributed by atoms with Crippen molar-refractivity contribution in [2.45, 2.75) is 78.3 Å². The van der Waals surface area contributed by atoms with Gasteiger partial charge in [-0.1, -0.05) is 36.4 Å². The number of halogens is 1. The average molecular weight is 1120 g/mol. The second kappa shape index (κ2) is 26.3. The van der Waals surface area contributed by atoms with Gasteiger partial charge in [-0.05, 0) is 98.8 Å². The van der Waals surface area contributed by atoms with Gasteiger partial charge in [0.15, 0.2) is 0 Å². The van der Waals surface area contributed by atoms with Crippen molar-refractivity contribution in [2.75, 3.05) is 115 Å². The Morgan fingerprint density at radius 1 is 0.639 bits per heavy atom. The van der Waals surface area contributed by atoms with Gasteiger partial charge in [0.25, 0.3) is 30.2 Å². The molecular formula is C48H72ClN5O13S5. The number of piperazine rings is 2. The minimum Gasteiger partial charge on any atom is -0.396 e. The summed E-state index contributed by atoms with van der Waals surface area (Å²) in [4.78, 5) is 6.39. The summed E-state index contributed by atoms with van der Waals surface area (Å²) in [5, 5.41) is 42.4. The number of thiophene rings is 2. The first-order valence-corrected chi connectivity index (χ1v) is 30.2. The largest absolute Gasteiger partial charge is 0.396 e. The van der Waals surface area contributed by atoms with E-state index in [0.717, 1.165) is 66.1 Å². The van der Waals surface area contributed by atoms with E-state index in [4.69, 9.17) is 18.8 Å². The van der Waals surface area contributed by atoms with E-state index in [2.05, 4.69) is 9.80 Å². The number of ether oxygens (including phenoxy) is 2. The maximum atomic E-state index is 13.2. The van der Waals surface area contributed by atoms with Gasteiger partial charge in [0.05, 0.1) is 68.6 Å². The highest BCUT2D eigenvalue weighted by molar-refractivity contribution is 7.91. The predicted molar refractivity (Wildman–Crippen MR) is 284 cm³/mol. The van der Waals surface area contributed by atoms with Crippen molar-refractivity contribution < 1.29 is 59.3 Å². The Bertz CT molecular complexity index is 2580. The molecule has 6 heterocycles. The summed E-state index contributed by atoms with van der Waals surface area (Å²) < 4.78 is 94.6. The molecule has 0 saturated carbocycles. The lowest BCUT2D eigenvalue weighted by atomic mass is 9.98. The molecule has 72 heavy (non-hydrogen) atoms. The van der Waals surface area contributed by atoms with Crippen molar-refractivity contribution >= 4 is 76.6 Å². The summed E-state index contributed by atoms with van der Waals surface area (Å²) in [5.41, 5.74) is 1.47. The van der Waals surface area contributed by atoms with Crippen LogP contribution in [0.3, 0.4) is 0 Å². The smallest absolute Gasteiger partial charge is 0.264 e. The monoisotopic (exact) mass is 1120 g/mol. The van der Waals surface area contributed by atoms with Crippen LogP contribution in [0.2, 0.25) is 0 Å². The molecule has 4 saturated heterocycles. The number of aliphatic hydroxyl groups is 4. The summed E-state index contributed by atoms with van der Waals surface area (Å²) in [6.45, 7) is 13.1. The van der Waals surface area contributed by atoms with E-state index in [1.165, 1.54) is 15.6 Å². The molecule has 24 heteroatoms. The lowest BCUT2D eigenvalue weighted by Crippen LogP contribution is -2.60. The molecule has 4 fully saturated rings. The molecule has 0 aliphatic carbocycles. The van der Waals surface area contributed by atoms with Crippen LogP contribution in [0.25, 0.3) is 0 Å². The molecule has 0 amide bonds. The third-order valence-corrected chi connectivity index (χ3v) is 19.9. The number of anilines is 2. The van der Waals surface area contributed by atoms with Crippen LogP contribution in [0.4, 0.5) is 11.4 Å². The highest BCUT2D eigenvalue weighted by atomic mass is 35.5. The SMILES string of the molecule is CC(C)(O)c1ccc(N2CCN(S(=O)(=O)c3cccs3)C[C@@H]2CN2CCOC[C@H]2CO)cc1.CC(C)(O)c1ccc(N2CCN(S(=O)(=O)c3cccs3)C[C@@H]2COS(C)(=O)=O)cc1.Cl.OC[C@H]1CCCOC1. The number of nitrogens with zero attached hydrogens (tertiary/aromatic N) is 5. The van der Waals surface area contributed by atoms with Gasteiger partial charge in [-0.3, -0.25) is 9.08 Å². The first-order chi connectivity index (χ1) is 33.5. The van der Waals surface area contributed by atoms with E-state index in [1.807, 2.05) is 41.3 Å². The first-order valence-electron chi connectivity index (χ1n) is 23.7. The van der Waals surface area contributed by atoms with Crippen molar-refractivity contribution in [3.8, 4) is 0 Å². The average Bonchev–Trinajstić information content (AvgIpc) is 4.11. The number of benzene rings is 2. The molecule has 0 unspecified atom stereocenters.